The van der Waals surface area contributed by atoms with Gasteiger partial charge in [0.05, 0.1) is 5.56 Å². The van der Waals surface area contributed by atoms with Gasteiger partial charge in [0.25, 0.3) is 0 Å². The molecule has 0 amide bonds. The van der Waals surface area contributed by atoms with E-state index in [-0.39, 0.29) is 5.97 Å². The van der Waals surface area contributed by atoms with Crippen LogP contribution in [-0.4, -0.2) is 11.0 Å². The number of ether oxygens (including phenoxy) is 1. The second-order valence-electron chi connectivity index (χ2n) is 4.78. The molecule has 0 aliphatic rings. The van der Waals surface area contributed by atoms with Gasteiger partial charge in [0.2, 0.25) is 5.88 Å². The zero-order valence-electron chi connectivity index (χ0n) is 13.4. The van der Waals surface area contributed by atoms with Crippen molar-refractivity contribution in [3.63, 3.8) is 0 Å². The molecule has 0 N–H and O–H groups in total. The first kappa shape index (κ1) is 16.9. The molecule has 0 unspecified atom stereocenters. The summed E-state index contributed by atoms with van der Waals surface area (Å²) in [5.74, 6) is 0.385. The van der Waals surface area contributed by atoms with E-state index in [9.17, 15) is 4.79 Å². The Hall–Kier alpha value is -2.16. The molecule has 0 bridgehead atoms. The van der Waals surface area contributed by atoms with Crippen molar-refractivity contribution in [1.29, 1.82) is 0 Å². The summed E-state index contributed by atoms with van der Waals surface area (Å²) >= 11 is 0. The number of nitrogens with zero attached hydrogens (tertiary/aromatic N) is 1. The van der Waals surface area contributed by atoms with E-state index in [0.717, 1.165) is 5.56 Å². The van der Waals surface area contributed by atoms with Crippen molar-refractivity contribution < 1.29 is 9.53 Å². The lowest BCUT2D eigenvalue weighted by atomic mass is 9.96. The largest absolute Gasteiger partial charge is 0.404 e. The van der Waals surface area contributed by atoms with Crippen LogP contribution >= 0.6 is 0 Å². The second-order valence-corrected chi connectivity index (χ2v) is 4.78. The zero-order chi connectivity index (χ0) is 15.8. The first-order valence-electron chi connectivity index (χ1n) is 7.31. The first-order valence-corrected chi connectivity index (χ1v) is 7.31. The number of hydrogen-bond donors (Lipinski definition) is 0. The lowest BCUT2D eigenvalue weighted by molar-refractivity contribution is 0.0727. The van der Waals surface area contributed by atoms with Crippen molar-refractivity contribution in [3.05, 3.63) is 59.3 Å². The van der Waals surface area contributed by atoms with Gasteiger partial charge < -0.3 is 4.74 Å². The normalized spacial score (nSPS) is 9.81. The summed E-state index contributed by atoms with van der Waals surface area (Å²) in [5, 5.41) is 0. The van der Waals surface area contributed by atoms with Crippen LogP contribution in [0.25, 0.3) is 0 Å². The van der Waals surface area contributed by atoms with Crippen molar-refractivity contribution >= 4 is 5.97 Å². The third-order valence-corrected chi connectivity index (χ3v) is 2.96. The minimum Gasteiger partial charge on any atom is -0.404 e. The van der Waals surface area contributed by atoms with Crippen molar-refractivity contribution in [2.24, 2.45) is 0 Å². The van der Waals surface area contributed by atoms with Gasteiger partial charge in [0, 0.05) is 12.3 Å². The van der Waals surface area contributed by atoms with Crippen molar-refractivity contribution in [3.8, 4) is 5.88 Å². The van der Waals surface area contributed by atoms with Gasteiger partial charge in [-0.15, -0.1) is 0 Å². The molecule has 0 saturated carbocycles. The van der Waals surface area contributed by atoms with Crippen molar-refractivity contribution in [1.82, 2.24) is 4.98 Å². The molecule has 0 fully saturated rings. The molecule has 2 rings (SSSR count). The average Bonchev–Trinajstić information content (AvgIpc) is 2.49. The highest BCUT2D eigenvalue weighted by Gasteiger charge is 2.11. The molecule has 0 radical (unpaired) electrons. The van der Waals surface area contributed by atoms with Crippen LogP contribution in [0.15, 0.2) is 42.6 Å². The van der Waals surface area contributed by atoms with Crippen LogP contribution in [0, 0.1) is 6.92 Å². The predicted octanol–water partition coefficient (Wildman–Crippen LogP) is 4.76. The van der Waals surface area contributed by atoms with Crippen LogP contribution in [0.4, 0.5) is 0 Å². The van der Waals surface area contributed by atoms with Gasteiger partial charge >= 0.3 is 5.97 Å². The molecule has 1 aromatic heterocycles. The number of carbonyl (C=O) groups is 1. The highest BCUT2D eigenvalue weighted by atomic mass is 16.5. The Balaban J connectivity index is 0.00000106. The van der Waals surface area contributed by atoms with Crippen LogP contribution in [0.5, 0.6) is 5.88 Å². The monoisotopic (exact) mass is 285 g/mol. The number of aromatic nitrogens is 1. The fraction of sp³-hybridized carbons (Fsp3) is 0.333. The van der Waals surface area contributed by atoms with E-state index in [1.807, 2.05) is 32.9 Å². The molecular formula is C18H23NO2. The van der Waals surface area contributed by atoms with Gasteiger partial charge in [0.15, 0.2) is 0 Å². The van der Waals surface area contributed by atoms with Gasteiger partial charge in [-0.05, 0) is 42.2 Å². The minimum absolute atomic E-state index is 0.318. The lowest BCUT2D eigenvalue weighted by Crippen LogP contribution is -2.10. The molecule has 0 saturated heterocycles. The standard InChI is InChI=1S/C16H17NO2.C2H6/c1-11(2)14-8-7-13(10-12(14)3)16(18)19-15-6-4-5-9-17-15;1-2/h4-11H,1-3H3;1-2H3. The van der Waals surface area contributed by atoms with E-state index >= 15 is 0 Å². The Morgan fingerprint density at radius 1 is 1.14 bits per heavy atom. The number of benzene rings is 1. The number of pyridine rings is 1. The summed E-state index contributed by atoms with van der Waals surface area (Å²) in [5.41, 5.74) is 2.90. The Morgan fingerprint density at radius 3 is 2.38 bits per heavy atom. The molecule has 0 aliphatic carbocycles. The number of carbonyl (C=O) groups excluding carboxylic acids is 1. The van der Waals surface area contributed by atoms with E-state index in [4.69, 9.17) is 4.74 Å². The second kappa shape index (κ2) is 8.20. The molecule has 0 aliphatic heterocycles. The van der Waals surface area contributed by atoms with Crippen LogP contribution in [0.1, 0.15) is 55.1 Å². The highest BCUT2D eigenvalue weighted by molar-refractivity contribution is 5.91. The van der Waals surface area contributed by atoms with E-state index in [0.29, 0.717) is 17.4 Å². The topological polar surface area (TPSA) is 39.2 Å². The zero-order valence-corrected chi connectivity index (χ0v) is 13.4. The number of hydrogen-bond acceptors (Lipinski definition) is 3. The summed E-state index contributed by atoms with van der Waals surface area (Å²) in [6.07, 6.45) is 1.59. The number of rotatable bonds is 3. The predicted molar refractivity (Wildman–Crippen MR) is 85.8 cm³/mol. The molecule has 3 nitrogen and oxygen atoms in total. The third kappa shape index (κ3) is 4.71. The SMILES string of the molecule is CC.Cc1cc(C(=O)Oc2ccccn2)ccc1C(C)C. The van der Waals surface area contributed by atoms with Gasteiger partial charge in [-0.1, -0.05) is 39.8 Å². The van der Waals surface area contributed by atoms with Crippen LogP contribution < -0.4 is 4.74 Å². The summed E-state index contributed by atoms with van der Waals surface area (Å²) < 4.78 is 5.21. The molecule has 1 heterocycles. The summed E-state index contributed by atoms with van der Waals surface area (Å²) in [6.45, 7) is 10.3. The fourth-order valence-corrected chi connectivity index (χ4v) is 2.01. The van der Waals surface area contributed by atoms with Gasteiger partial charge in [-0.3, -0.25) is 0 Å². The molecule has 1 aromatic carbocycles. The van der Waals surface area contributed by atoms with Crippen molar-refractivity contribution in [2.45, 2.75) is 40.5 Å². The summed E-state index contributed by atoms with van der Waals surface area (Å²) in [4.78, 5) is 16.0. The molecule has 21 heavy (non-hydrogen) atoms. The van der Waals surface area contributed by atoms with E-state index in [1.165, 1.54) is 5.56 Å². The maximum absolute atomic E-state index is 12.0. The van der Waals surface area contributed by atoms with E-state index in [1.54, 1.807) is 30.5 Å². The Labute approximate surface area is 127 Å². The minimum atomic E-state index is -0.378. The van der Waals surface area contributed by atoms with Crippen LogP contribution in [0.3, 0.4) is 0 Å². The number of esters is 1. The quantitative estimate of drug-likeness (QED) is 0.763. The summed E-state index contributed by atoms with van der Waals surface area (Å²) in [7, 11) is 0. The Kier molecular flexibility index (Phi) is 6.60. The van der Waals surface area contributed by atoms with Crippen LogP contribution in [0.2, 0.25) is 0 Å². The molecule has 0 spiro atoms. The highest BCUT2D eigenvalue weighted by Crippen LogP contribution is 2.20. The average molecular weight is 285 g/mol. The molecule has 0 atom stereocenters. The van der Waals surface area contributed by atoms with Gasteiger partial charge in [-0.2, -0.15) is 0 Å². The molecule has 112 valence electrons. The maximum atomic E-state index is 12.0. The fourth-order valence-electron chi connectivity index (χ4n) is 2.01. The number of aryl methyl sites for hydroxylation is 1. The molecule has 3 heteroatoms. The first-order chi connectivity index (χ1) is 10.1. The molecular weight excluding hydrogens is 262 g/mol. The third-order valence-electron chi connectivity index (χ3n) is 2.96. The van der Waals surface area contributed by atoms with E-state index < -0.39 is 0 Å². The van der Waals surface area contributed by atoms with Crippen molar-refractivity contribution in [2.75, 3.05) is 0 Å². The summed E-state index contributed by atoms with van der Waals surface area (Å²) in [6, 6.07) is 10.9. The Bertz CT molecular complexity index is 577. The Morgan fingerprint density at radius 2 is 1.86 bits per heavy atom. The van der Waals surface area contributed by atoms with Gasteiger partial charge in [-0.25, -0.2) is 9.78 Å². The van der Waals surface area contributed by atoms with Crippen LogP contribution in [-0.2, 0) is 0 Å². The maximum Gasteiger partial charge on any atom is 0.344 e. The van der Waals surface area contributed by atoms with E-state index in [2.05, 4.69) is 18.8 Å². The van der Waals surface area contributed by atoms with Gasteiger partial charge in [0.1, 0.15) is 0 Å². The molecule has 2 aromatic rings. The lowest BCUT2D eigenvalue weighted by Gasteiger charge is -2.11. The smallest absolute Gasteiger partial charge is 0.344 e.